The number of amides is 1. The monoisotopic (exact) mass is 421 g/mol. The summed E-state index contributed by atoms with van der Waals surface area (Å²) in [7, 11) is -3.83. The minimum absolute atomic E-state index is 0.0760. The molecule has 1 saturated heterocycles. The van der Waals surface area contributed by atoms with E-state index in [0.29, 0.717) is 10.7 Å². The molecule has 2 heterocycles. The number of benzene rings is 1. The molecule has 3 rings (SSSR count). The highest BCUT2D eigenvalue weighted by atomic mass is 35.5. The Morgan fingerprint density at radius 3 is 2.16 bits per heavy atom. The van der Waals surface area contributed by atoms with Crippen LogP contribution in [0.15, 0.2) is 35.4 Å². The van der Waals surface area contributed by atoms with Gasteiger partial charge in [0, 0.05) is 32.4 Å². The largest absolute Gasteiger partial charge is 0.356 e. The number of hydrogen-bond donors (Lipinski definition) is 1. The quantitative estimate of drug-likeness (QED) is 0.826. The molecular weight excluding hydrogens is 409 g/mol. The molecule has 0 spiro atoms. The lowest BCUT2D eigenvalue weighted by Gasteiger charge is -2.34. The number of nitrogens with one attached hydrogen (secondary N) is 1. The number of aromatic amines is 1. The number of halogens is 3. The van der Waals surface area contributed by atoms with Gasteiger partial charge >= 0.3 is 0 Å². The van der Waals surface area contributed by atoms with E-state index in [2.05, 4.69) is 4.98 Å². The van der Waals surface area contributed by atoms with Crippen LogP contribution in [0.1, 0.15) is 10.5 Å². The molecule has 10 heteroatoms. The van der Waals surface area contributed by atoms with Crippen molar-refractivity contribution in [3.8, 4) is 0 Å². The molecule has 0 bridgehead atoms. The predicted molar refractivity (Wildman–Crippen MR) is 96.9 cm³/mol. The third kappa shape index (κ3) is 3.66. The maximum absolute atomic E-state index is 12.8. The summed E-state index contributed by atoms with van der Waals surface area (Å²) in [5.74, 6) is -0.222. The Balaban J connectivity index is 1.75. The highest BCUT2D eigenvalue weighted by Gasteiger charge is 2.33. The molecule has 2 aromatic rings. The number of carbonyl (C=O) groups is 1. The van der Waals surface area contributed by atoms with E-state index in [-0.39, 0.29) is 47.0 Å². The summed E-state index contributed by atoms with van der Waals surface area (Å²) in [5, 5.41) is 0.594. The molecule has 0 atom stereocenters. The highest BCUT2D eigenvalue weighted by Crippen LogP contribution is 2.32. The zero-order valence-electron chi connectivity index (χ0n) is 12.9. The maximum atomic E-state index is 12.8. The number of piperazine rings is 1. The Morgan fingerprint density at radius 1 is 1.04 bits per heavy atom. The van der Waals surface area contributed by atoms with Crippen molar-refractivity contribution in [3.05, 3.63) is 51.2 Å². The van der Waals surface area contributed by atoms with Gasteiger partial charge in [-0.15, -0.1) is 0 Å². The Morgan fingerprint density at radius 2 is 1.64 bits per heavy atom. The summed E-state index contributed by atoms with van der Waals surface area (Å²) in [4.78, 5) is 16.6. The van der Waals surface area contributed by atoms with Crippen LogP contribution in [0.4, 0.5) is 0 Å². The van der Waals surface area contributed by atoms with Crippen LogP contribution in [0.3, 0.4) is 0 Å². The van der Waals surface area contributed by atoms with Crippen molar-refractivity contribution in [1.82, 2.24) is 14.2 Å². The summed E-state index contributed by atoms with van der Waals surface area (Å²) in [5.41, 5.74) is 0.371. The van der Waals surface area contributed by atoms with Gasteiger partial charge in [0.2, 0.25) is 10.0 Å². The first-order valence-electron chi connectivity index (χ1n) is 7.38. The van der Waals surface area contributed by atoms with E-state index in [1.807, 2.05) is 0 Å². The first-order valence-corrected chi connectivity index (χ1v) is 9.95. The van der Waals surface area contributed by atoms with Crippen LogP contribution in [-0.4, -0.2) is 54.7 Å². The molecule has 0 radical (unpaired) electrons. The standard InChI is InChI=1S/C15H14Cl3N3O3S/c16-10-8-13(19-9-10)15(22)20-4-6-21(7-5-20)25(23,24)14-11(17)2-1-3-12(14)18/h1-3,8-9,19H,4-7H2. The number of sulfonamides is 1. The second-order valence-electron chi connectivity index (χ2n) is 5.48. The van der Waals surface area contributed by atoms with Crippen molar-refractivity contribution >= 4 is 50.7 Å². The minimum Gasteiger partial charge on any atom is -0.356 e. The van der Waals surface area contributed by atoms with Crippen LogP contribution < -0.4 is 0 Å². The van der Waals surface area contributed by atoms with Gasteiger partial charge in [-0.1, -0.05) is 40.9 Å². The number of nitrogens with zero attached hydrogens (tertiary/aromatic N) is 2. The molecule has 1 N–H and O–H groups in total. The molecule has 1 aromatic carbocycles. The normalized spacial score (nSPS) is 16.2. The second kappa shape index (κ2) is 7.17. The molecule has 0 saturated carbocycles. The van der Waals surface area contributed by atoms with Crippen molar-refractivity contribution in [1.29, 1.82) is 0 Å². The molecule has 1 aliphatic heterocycles. The van der Waals surface area contributed by atoms with Crippen LogP contribution in [0, 0.1) is 0 Å². The maximum Gasteiger partial charge on any atom is 0.270 e. The summed E-state index contributed by atoms with van der Waals surface area (Å²) < 4.78 is 26.9. The van der Waals surface area contributed by atoms with E-state index < -0.39 is 10.0 Å². The fourth-order valence-corrected chi connectivity index (χ4v) is 5.33. The first-order chi connectivity index (χ1) is 11.8. The van der Waals surface area contributed by atoms with E-state index >= 15 is 0 Å². The van der Waals surface area contributed by atoms with Crippen molar-refractivity contribution in [2.75, 3.05) is 26.2 Å². The van der Waals surface area contributed by atoms with Gasteiger partial charge in [-0.3, -0.25) is 4.79 Å². The molecule has 0 unspecified atom stereocenters. The van der Waals surface area contributed by atoms with E-state index in [0.717, 1.165) is 0 Å². The SMILES string of the molecule is O=C(c1cc(Cl)c[nH]1)N1CCN(S(=O)(=O)c2c(Cl)cccc2Cl)CC1. The van der Waals surface area contributed by atoms with Crippen LogP contribution in [0.5, 0.6) is 0 Å². The average Bonchev–Trinajstić information content (AvgIpc) is 3.00. The molecule has 1 aromatic heterocycles. The van der Waals surface area contributed by atoms with Crippen LogP contribution in [-0.2, 0) is 10.0 Å². The number of hydrogen-bond acceptors (Lipinski definition) is 3. The minimum atomic E-state index is -3.83. The number of rotatable bonds is 3. The zero-order valence-corrected chi connectivity index (χ0v) is 16.0. The molecule has 134 valence electrons. The molecule has 0 aliphatic carbocycles. The topological polar surface area (TPSA) is 73.5 Å². The molecule has 1 aliphatic rings. The van der Waals surface area contributed by atoms with E-state index in [1.54, 1.807) is 11.0 Å². The number of carbonyl (C=O) groups excluding carboxylic acids is 1. The summed E-state index contributed by atoms with van der Waals surface area (Å²) in [6, 6.07) is 6.09. The molecule has 1 fully saturated rings. The smallest absolute Gasteiger partial charge is 0.270 e. The fraction of sp³-hybridized carbons (Fsp3) is 0.267. The lowest BCUT2D eigenvalue weighted by molar-refractivity contribution is 0.0692. The van der Waals surface area contributed by atoms with Crippen LogP contribution in [0.25, 0.3) is 0 Å². The Labute approximate surface area is 160 Å². The van der Waals surface area contributed by atoms with Gasteiger partial charge in [0.05, 0.1) is 15.1 Å². The summed E-state index contributed by atoms with van der Waals surface area (Å²) in [6.07, 6.45) is 1.52. The van der Waals surface area contributed by atoms with Crippen molar-refractivity contribution in [3.63, 3.8) is 0 Å². The first kappa shape index (κ1) is 18.5. The van der Waals surface area contributed by atoms with Crippen molar-refractivity contribution in [2.24, 2.45) is 0 Å². The number of aromatic nitrogens is 1. The summed E-state index contributed by atoms with van der Waals surface area (Å²) >= 11 is 17.9. The van der Waals surface area contributed by atoms with Gasteiger partial charge in [-0.05, 0) is 18.2 Å². The van der Waals surface area contributed by atoms with E-state index in [4.69, 9.17) is 34.8 Å². The molecule has 25 heavy (non-hydrogen) atoms. The van der Waals surface area contributed by atoms with Gasteiger partial charge in [0.1, 0.15) is 10.6 Å². The fourth-order valence-electron chi connectivity index (χ4n) is 2.65. The lowest BCUT2D eigenvalue weighted by atomic mass is 10.3. The third-order valence-corrected chi connectivity index (χ3v) is 6.99. The van der Waals surface area contributed by atoms with Gasteiger partial charge in [-0.2, -0.15) is 4.31 Å². The van der Waals surface area contributed by atoms with Gasteiger partial charge in [0.15, 0.2) is 0 Å². The molecule has 6 nitrogen and oxygen atoms in total. The average molecular weight is 423 g/mol. The van der Waals surface area contributed by atoms with Crippen LogP contribution >= 0.6 is 34.8 Å². The van der Waals surface area contributed by atoms with Gasteiger partial charge < -0.3 is 9.88 Å². The molecule has 1 amide bonds. The Kier molecular flexibility index (Phi) is 5.31. The second-order valence-corrected chi connectivity index (χ2v) is 8.60. The zero-order chi connectivity index (χ0) is 18.2. The van der Waals surface area contributed by atoms with E-state index in [9.17, 15) is 13.2 Å². The number of H-pyrrole nitrogens is 1. The third-order valence-electron chi connectivity index (χ3n) is 3.92. The van der Waals surface area contributed by atoms with Crippen molar-refractivity contribution < 1.29 is 13.2 Å². The van der Waals surface area contributed by atoms with Crippen LogP contribution in [0.2, 0.25) is 15.1 Å². The highest BCUT2D eigenvalue weighted by molar-refractivity contribution is 7.89. The Bertz CT molecular complexity index is 885. The Hall–Kier alpha value is -1.25. The van der Waals surface area contributed by atoms with E-state index in [1.165, 1.54) is 28.7 Å². The van der Waals surface area contributed by atoms with Crippen molar-refractivity contribution in [2.45, 2.75) is 4.90 Å². The molecular formula is C15H14Cl3N3O3S. The predicted octanol–water partition coefficient (Wildman–Crippen LogP) is 3.12. The lowest BCUT2D eigenvalue weighted by Crippen LogP contribution is -2.50. The summed E-state index contributed by atoms with van der Waals surface area (Å²) in [6.45, 7) is 0.835. The van der Waals surface area contributed by atoms with Gasteiger partial charge in [-0.25, -0.2) is 8.42 Å². The van der Waals surface area contributed by atoms with Gasteiger partial charge in [0.25, 0.3) is 5.91 Å².